The van der Waals surface area contributed by atoms with Crippen molar-refractivity contribution in [2.24, 2.45) is 0 Å². The molecule has 5 heteroatoms. The highest BCUT2D eigenvalue weighted by Gasteiger charge is 2.39. The number of hydrogen-bond acceptors (Lipinski definition) is 4. The average molecular weight is 320 g/mol. The maximum Gasteiger partial charge on any atom is 0.342 e. The normalized spacial score (nSPS) is 13.0. The third-order valence-electron chi connectivity index (χ3n) is 3.28. The van der Waals surface area contributed by atoms with Crippen LogP contribution in [0.3, 0.4) is 0 Å². The topological polar surface area (TPSA) is 55.8 Å². The molecular weight excluding hydrogens is 299 g/mol. The van der Waals surface area contributed by atoms with E-state index < -0.39 is 13.3 Å². The molecule has 0 aliphatic carbocycles. The average Bonchev–Trinajstić information content (AvgIpc) is 2.51. The van der Waals surface area contributed by atoms with E-state index in [9.17, 15) is 9.67 Å². The quantitative estimate of drug-likeness (QED) is 0.748. The van der Waals surface area contributed by atoms with Crippen LogP contribution in [-0.2, 0) is 13.6 Å². The molecule has 0 saturated heterocycles. The zero-order valence-corrected chi connectivity index (χ0v) is 13.7. The maximum absolute atomic E-state index is 13.3. The minimum atomic E-state index is -3.46. The highest BCUT2D eigenvalue weighted by molar-refractivity contribution is 7.54. The van der Waals surface area contributed by atoms with Crippen LogP contribution in [0.4, 0.5) is 0 Å². The van der Waals surface area contributed by atoms with Crippen LogP contribution in [0, 0.1) is 0 Å². The number of benzene rings is 2. The molecule has 118 valence electrons. The Kier molecular flexibility index (Phi) is 5.78. The van der Waals surface area contributed by atoms with Gasteiger partial charge in [0.1, 0.15) is 11.4 Å². The summed E-state index contributed by atoms with van der Waals surface area (Å²) < 4.78 is 24.3. The van der Waals surface area contributed by atoms with E-state index in [1.807, 2.05) is 30.3 Å². The fourth-order valence-electron chi connectivity index (χ4n) is 2.43. The van der Waals surface area contributed by atoms with Crippen molar-refractivity contribution in [3.63, 3.8) is 0 Å². The van der Waals surface area contributed by atoms with Gasteiger partial charge in [-0.05, 0) is 25.5 Å². The first-order chi connectivity index (χ1) is 10.6. The van der Waals surface area contributed by atoms with Crippen molar-refractivity contribution in [1.29, 1.82) is 0 Å². The van der Waals surface area contributed by atoms with Crippen molar-refractivity contribution in [2.45, 2.75) is 19.5 Å². The molecule has 2 aromatic rings. The van der Waals surface area contributed by atoms with Crippen LogP contribution >= 0.6 is 7.60 Å². The lowest BCUT2D eigenvalue weighted by Crippen LogP contribution is -2.08. The summed E-state index contributed by atoms with van der Waals surface area (Å²) in [5.41, 5.74) is 0.669. The van der Waals surface area contributed by atoms with Gasteiger partial charge in [0, 0.05) is 5.56 Å². The van der Waals surface area contributed by atoms with Gasteiger partial charge in [0.05, 0.1) is 13.2 Å². The van der Waals surface area contributed by atoms with Crippen LogP contribution in [0.25, 0.3) is 0 Å². The van der Waals surface area contributed by atoms with Gasteiger partial charge in [-0.2, -0.15) is 0 Å². The second kappa shape index (κ2) is 7.59. The monoisotopic (exact) mass is 320 g/mol. The van der Waals surface area contributed by atoms with Crippen molar-refractivity contribution in [3.05, 3.63) is 65.7 Å². The second-order valence-electron chi connectivity index (χ2n) is 4.75. The molecule has 0 radical (unpaired) electrons. The molecule has 0 bridgehead atoms. The van der Waals surface area contributed by atoms with Crippen molar-refractivity contribution in [1.82, 2.24) is 0 Å². The minimum Gasteiger partial charge on any atom is -0.508 e. The van der Waals surface area contributed by atoms with Crippen LogP contribution in [0.5, 0.6) is 5.75 Å². The van der Waals surface area contributed by atoms with Gasteiger partial charge in [-0.1, -0.05) is 48.5 Å². The first-order valence-corrected chi connectivity index (χ1v) is 8.95. The third-order valence-corrected chi connectivity index (χ3v) is 5.73. The number of para-hydroxylation sites is 1. The van der Waals surface area contributed by atoms with Crippen LogP contribution in [0.15, 0.2) is 54.6 Å². The van der Waals surface area contributed by atoms with E-state index in [0.29, 0.717) is 5.56 Å². The molecule has 0 heterocycles. The molecule has 22 heavy (non-hydrogen) atoms. The van der Waals surface area contributed by atoms with Crippen molar-refractivity contribution >= 4 is 7.60 Å². The predicted molar refractivity (Wildman–Crippen MR) is 87.3 cm³/mol. The van der Waals surface area contributed by atoms with E-state index in [1.165, 1.54) is 0 Å². The summed E-state index contributed by atoms with van der Waals surface area (Å²) in [6, 6.07) is 16.2. The van der Waals surface area contributed by atoms with Crippen LogP contribution < -0.4 is 0 Å². The number of aromatic hydroxyl groups is 1. The maximum atomic E-state index is 13.3. The Hall–Kier alpha value is -1.61. The van der Waals surface area contributed by atoms with E-state index in [1.54, 1.807) is 38.1 Å². The third kappa shape index (κ3) is 3.58. The van der Waals surface area contributed by atoms with Crippen LogP contribution in [-0.4, -0.2) is 18.3 Å². The summed E-state index contributed by atoms with van der Waals surface area (Å²) in [7, 11) is -3.46. The predicted octanol–water partition coefficient (Wildman–Crippen LogP) is 4.75. The number of rotatable bonds is 7. The zero-order chi connectivity index (χ0) is 16.0. The van der Waals surface area contributed by atoms with E-state index >= 15 is 0 Å². The van der Waals surface area contributed by atoms with Gasteiger partial charge in [-0.3, -0.25) is 4.57 Å². The smallest absolute Gasteiger partial charge is 0.342 e. The highest BCUT2D eigenvalue weighted by Crippen LogP contribution is 2.64. The first-order valence-electron chi connectivity index (χ1n) is 7.34. The second-order valence-corrected chi connectivity index (χ2v) is 6.86. The van der Waals surface area contributed by atoms with Gasteiger partial charge in [0.25, 0.3) is 0 Å². The lowest BCUT2D eigenvalue weighted by Gasteiger charge is -2.27. The molecule has 1 atom stereocenters. The van der Waals surface area contributed by atoms with E-state index in [-0.39, 0.29) is 19.0 Å². The summed E-state index contributed by atoms with van der Waals surface area (Å²) >= 11 is 0. The Balaban J connectivity index is 2.60. The molecule has 0 aliphatic heterocycles. The summed E-state index contributed by atoms with van der Waals surface area (Å²) in [4.78, 5) is 0. The Labute approximate surface area is 131 Å². The van der Waals surface area contributed by atoms with Crippen LogP contribution in [0.1, 0.15) is 30.6 Å². The van der Waals surface area contributed by atoms with E-state index in [0.717, 1.165) is 5.56 Å². The van der Waals surface area contributed by atoms with E-state index in [4.69, 9.17) is 9.05 Å². The largest absolute Gasteiger partial charge is 0.508 e. The fourth-order valence-corrected chi connectivity index (χ4v) is 4.62. The molecule has 1 unspecified atom stereocenters. The summed E-state index contributed by atoms with van der Waals surface area (Å²) in [5, 5.41) is 10.2. The van der Waals surface area contributed by atoms with Gasteiger partial charge in [-0.15, -0.1) is 0 Å². The van der Waals surface area contributed by atoms with E-state index in [2.05, 4.69) is 0 Å². The molecule has 0 amide bonds. The Morgan fingerprint density at radius 3 is 2.05 bits per heavy atom. The lowest BCUT2D eigenvalue weighted by molar-refractivity contribution is 0.214. The van der Waals surface area contributed by atoms with Crippen molar-refractivity contribution in [3.8, 4) is 5.75 Å². The molecule has 0 aliphatic rings. The standard InChI is InChI=1S/C17H21O4P/c1-3-20-22(19,21-4-2)17(14-10-6-5-7-11-14)15-12-8-9-13-16(15)18/h5-13,17-18H,3-4H2,1-2H3. The molecule has 0 aromatic heterocycles. The Morgan fingerprint density at radius 2 is 1.50 bits per heavy atom. The SMILES string of the molecule is CCOP(=O)(OCC)C(c1ccccc1)c1ccccc1O. The summed E-state index contributed by atoms with van der Waals surface area (Å²) in [5.74, 6) is 0.0796. The molecule has 2 aromatic carbocycles. The molecule has 0 fully saturated rings. The molecule has 2 rings (SSSR count). The van der Waals surface area contributed by atoms with Gasteiger partial charge in [-0.25, -0.2) is 0 Å². The van der Waals surface area contributed by atoms with Crippen LogP contribution in [0.2, 0.25) is 0 Å². The van der Waals surface area contributed by atoms with Gasteiger partial charge < -0.3 is 14.2 Å². The highest BCUT2D eigenvalue weighted by atomic mass is 31.2. The zero-order valence-electron chi connectivity index (χ0n) is 12.8. The summed E-state index contributed by atoms with van der Waals surface area (Å²) in [6.45, 7) is 4.10. The Morgan fingerprint density at radius 1 is 0.955 bits per heavy atom. The molecule has 1 N–H and O–H groups in total. The van der Waals surface area contributed by atoms with Crippen molar-refractivity contribution < 1.29 is 18.7 Å². The number of phenols is 1. The molecule has 4 nitrogen and oxygen atoms in total. The molecule has 0 saturated carbocycles. The number of hydrogen-bond donors (Lipinski definition) is 1. The summed E-state index contributed by atoms with van der Waals surface area (Å²) in [6.07, 6.45) is 0. The van der Waals surface area contributed by atoms with Gasteiger partial charge >= 0.3 is 7.60 Å². The first kappa shape index (κ1) is 16.8. The van der Waals surface area contributed by atoms with Crippen molar-refractivity contribution in [2.75, 3.05) is 13.2 Å². The lowest BCUT2D eigenvalue weighted by atomic mass is 10.0. The number of phenolic OH excluding ortho intramolecular Hbond substituents is 1. The Bertz CT molecular complexity index is 632. The molecule has 0 spiro atoms. The minimum absolute atomic E-state index is 0.0796. The van der Waals surface area contributed by atoms with Gasteiger partial charge in [0.2, 0.25) is 0 Å². The molecular formula is C17H21O4P. The fraction of sp³-hybridized carbons (Fsp3) is 0.294. The van der Waals surface area contributed by atoms with Gasteiger partial charge in [0.15, 0.2) is 0 Å².